The Kier molecular flexibility index (Phi) is 7.51. The number of aliphatic carboxylic acids is 1. The largest absolute Gasteiger partial charge is 0.493 e. The molecule has 1 rings (SSSR count). The van der Waals surface area contributed by atoms with Crippen LogP contribution in [0.3, 0.4) is 0 Å². The van der Waals surface area contributed by atoms with E-state index in [0.717, 1.165) is 31.8 Å². The summed E-state index contributed by atoms with van der Waals surface area (Å²) in [6.45, 7) is 4.29. The summed E-state index contributed by atoms with van der Waals surface area (Å²) in [7, 11) is 0. The van der Waals surface area contributed by atoms with Crippen LogP contribution in [-0.2, 0) is 4.79 Å². The van der Waals surface area contributed by atoms with Gasteiger partial charge in [-0.05, 0) is 50.0 Å². The Balaban J connectivity index is 2.55. The third-order valence-electron chi connectivity index (χ3n) is 2.69. The van der Waals surface area contributed by atoms with E-state index in [4.69, 9.17) is 21.4 Å². The van der Waals surface area contributed by atoms with Gasteiger partial charge in [-0.2, -0.15) is 0 Å². The van der Waals surface area contributed by atoms with Crippen molar-refractivity contribution < 1.29 is 14.6 Å². The molecule has 0 fully saturated rings. The molecule has 1 aromatic carbocycles. The Morgan fingerprint density at radius 3 is 2.85 bits per heavy atom. The Morgan fingerprint density at radius 1 is 1.35 bits per heavy atom. The van der Waals surface area contributed by atoms with Crippen LogP contribution in [-0.4, -0.2) is 17.7 Å². The predicted molar refractivity (Wildman–Crippen MR) is 82.3 cm³/mol. The van der Waals surface area contributed by atoms with Crippen molar-refractivity contribution in [1.29, 1.82) is 0 Å². The van der Waals surface area contributed by atoms with Gasteiger partial charge in [0, 0.05) is 16.7 Å². The summed E-state index contributed by atoms with van der Waals surface area (Å²) in [6, 6.07) is 5.17. The molecule has 1 N–H and O–H groups in total. The van der Waals surface area contributed by atoms with Crippen LogP contribution >= 0.6 is 11.6 Å². The molecule has 0 amide bonds. The minimum absolute atomic E-state index is 0.549. The van der Waals surface area contributed by atoms with Crippen LogP contribution < -0.4 is 4.74 Å². The zero-order valence-electron chi connectivity index (χ0n) is 11.3. The second kappa shape index (κ2) is 9.21. The van der Waals surface area contributed by atoms with Crippen molar-refractivity contribution in [3.8, 4) is 5.75 Å². The third kappa shape index (κ3) is 6.43. The molecule has 0 spiro atoms. The fraction of sp³-hybridized carbons (Fsp3) is 0.312. The smallest absolute Gasteiger partial charge is 0.328 e. The molecule has 1 aromatic rings. The summed E-state index contributed by atoms with van der Waals surface area (Å²) in [6.07, 6.45) is 8.64. The van der Waals surface area contributed by atoms with Crippen molar-refractivity contribution in [2.24, 2.45) is 0 Å². The highest BCUT2D eigenvalue weighted by Gasteiger charge is 2.03. The molecule has 0 saturated carbocycles. The molecule has 0 aliphatic heterocycles. The lowest BCUT2D eigenvalue weighted by Gasteiger charge is -2.09. The van der Waals surface area contributed by atoms with Gasteiger partial charge in [0.1, 0.15) is 5.75 Å². The van der Waals surface area contributed by atoms with Crippen LogP contribution in [0.5, 0.6) is 5.75 Å². The average molecular weight is 295 g/mol. The topological polar surface area (TPSA) is 46.5 Å². The summed E-state index contributed by atoms with van der Waals surface area (Å²) in [5.41, 5.74) is 0.672. The zero-order valence-corrected chi connectivity index (χ0v) is 12.1. The summed E-state index contributed by atoms with van der Waals surface area (Å²) >= 11 is 5.90. The second-order valence-electron chi connectivity index (χ2n) is 4.34. The van der Waals surface area contributed by atoms with Crippen LogP contribution in [0, 0.1) is 0 Å². The Labute approximate surface area is 124 Å². The zero-order chi connectivity index (χ0) is 14.8. The maximum absolute atomic E-state index is 10.6. The van der Waals surface area contributed by atoms with Gasteiger partial charge in [-0.1, -0.05) is 17.7 Å². The number of carboxylic acid groups (broad SMARTS) is 1. The molecular formula is C16H19ClO3. The molecule has 0 saturated heterocycles. The van der Waals surface area contributed by atoms with Crippen molar-refractivity contribution in [3.05, 3.63) is 47.5 Å². The van der Waals surface area contributed by atoms with E-state index in [2.05, 4.69) is 6.58 Å². The summed E-state index contributed by atoms with van der Waals surface area (Å²) in [5.74, 6) is -0.351. The molecule has 0 unspecified atom stereocenters. The monoisotopic (exact) mass is 294 g/mol. The Bertz CT molecular complexity index is 481. The number of hydrogen-bond donors (Lipinski definition) is 1. The van der Waals surface area contributed by atoms with E-state index >= 15 is 0 Å². The van der Waals surface area contributed by atoms with Crippen molar-refractivity contribution in [2.45, 2.75) is 25.7 Å². The molecule has 4 heteroatoms. The first-order chi connectivity index (χ1) is 9.63. The average Bonchev–Trinajstić information content (AvgIpc) is 2.42. The van der Waals surface area contributed by atoms with Crippen LogP contribution in [0.25, 0.3) is 6.08 Å². The van der Waals surface area contributed by atoms with Crippen LogP contribution in [0.2, 0.25) is 5.02 Å². The van der Waals surface area contributed by atoms with Crippen molar-refractivity contribution in [1.82, 2.24) is 0 Å². The Morgan fingerprint density at radius 2 is 2.15 bits per heavy atom. The number of halogens is 1. The highest BCUT2D eigenvalue weighted by Crippen LogP contribution is 2.24. The van der Waals surface area contributed by atoms with Crippen LogP contribution in [0.15, 0.2) is 36.9 Å². The van der Waals surface area contributed by atoms with Crippen molar-refractivity contribution in [2.75, 3.05) is 6.61 Å². The van der Waals surface area contributed by atoms with Gasteiger partial charge in [0.25, 0.3) is 0 Å². The predicted octanol–water partition coefficient (Wildman–Crippen LogP) is 4.56. The lowest BCUT2D eigenvalue weighted by atomic mass is 10.2. The minimum Gasteiger partial charge on any atom is -0.493 e. The van der Waals surface area contributed by atoms with Crippen molar-refractivity contribution in [3.63, 3.8) is 0 Å². The number of allylic oxidation sites excluding steroid dienone is 1. The first-order valence-corrected chi connectivity index (χ1v) is 6.95. The number of carbonyl (C=O) groups is 1. The molecule has 0 aliphatic carbocycles. The standard InChI is InChI=1S/C16H19ClO3/c1-2-3-4-5-6-11-20-15-9-8-14(17)12-13(15)7-10-16(18)19/h2,7-10,12H,1,3-6,11H2,(H,18,19)/b10-7+. The number of rotatable bonds is 9. The Hall–Kier alpha value is -1.74. The summed E-state index contributed by atoms with van der Waals surface area (Å²) < 4.78 is 5.68. The first kappa shape index (κ1) is 16.3. The molecule has 0 aliphatic rings. The van der Waals surface area contributed by atoms with Gasteiger partial charge < -0.3 is 9.84 Å². The molecule has 3 nitrogen and oxygen atoms in total. The van der Waals surface area contributed by atoms with Gasteiger partial charge in [-0.25, -0.2) is 4.79 Å². The summed E-state index contributed by atoms with van der Waals surface area (Å²) in [4.78, 5) is 10.6. The van der Waals surface area contributed by atoms with E-state index in [0.29, 0.717) is 22.9 Å². The highest BCUT2D eigenvalue weighted by atomic mass is 35.5. The highest BCUT2D eigenvalue weighted by molar-refractivity contribution is 6.30. The minimum atomic E-state index is -1.000. The normalized spacial score (nSPS) is 10.7. The third-order valence-corrected chi connectivity index (χ3v) is 2.92. The quantitative estimate of drug-likeness (QED) is 0.412. The van der Waals surface area contributed by atoms with E-state index in [1.54, 1.807) is 18.2 Å². The molecule has 0 atom stereocenters. The molecule has 0 bridgehead atoms. The number of hydrogen-bond acceptors (Lipinski definition) is 2. The van der Waals surface area contributed by atoms with Crippen LogP contribution in [0.4, 0.5) is 0 Å². The van der Waals surface area contributed by atoms with Crippen LogP contribution in [0.1, 0.15) is 31.2 Å². The molecule has 0 radical (unpaired) electrons. The van der Waals surface area contributed by atoms with Gasteiger partial charge in [-0.3, -0.25) is 0 Å². The van der Waals surface area contributed by atoms with E-state index in [-0.39, 0.29) is 0 Å². The fourth-order valence-corrected chi connectivity index (χ4v) is 1.87. The van der Waals surface area contributed by atoms with E-state index in [1.807, 2.05) is 6.08 Å². The fourth-order valence-electron chi connectivity index (χ4n) is 1.69. The first-order valence-electron chi connectivity index (χ1n) is 6.57. The second-order valence-corrected chi connectivity index (χ2v) is 4.78. The summed E-state index contributed by atoms with van der Waals surface area (Å²) in [5, 5.41) is 9.21. The van der Waals surface area contributed by atoms with Gasteiger partial charge in [-0.15, -0.1) is 6.58 Å². The van der Waals surface area contributed by atoms with E-state index in [9.17, 15) is 4.79 Å². The number of carboxylic acids is 1. The lowest BCUT2D eigenvalue weighted by molar-refractivity contribution is -0.131. The molecule has 0 aromatic heterocycles. The van der Waals surface area contributed by atoms with Gasteiger partial charge >= 0.3 is 5.97 Å². The maximum Gasteiger partial charge on any atom is 0.328 e. The maximum atomic E-state index is 10.6. The van der Waals surface area contributed by atoms with Crippen molar-refractivity contribution >= 4 is 23.6 Å². The molecule has 0 heterocycles. The van der Waals surface area contributed by atoms with Gasteiger partial charge in [0.05, 0.1) is 6.61 Å². The number of unbranched alkanes of at least 4 members (excludes halogenated alkanes) is 3. The molecule has 20 heavy (non-hydrogen) atoms. The molecule has 108 valence electrons. The van der Waals surface area contributed by atoms with E-state index in [1.165, 1.54) is 6.08 Å². The van der Waals surface area contributed by atoms with E-state index < -0.39 is 5.97 Å². The molecular weight excluding hydrogens is 276 g/mol. The SMILES string of the molecule is C=CCCCCCOc1ccc(Cl)cc1/C=C/C(=O)O. The van der Waals surface area contributed by atoms with Gasteiger partial charge in [0.2, 0.25) is 0 Å². The lowest BCUT2D eigenvalue weighted by Crippen LogP contribution is -1.99. The number of ether oxygens (including phenoxy) is 1. The van der Waals surface area contributed by atoms with Gasteiger partial charge in [0.15, 0.2) is 0 Å². The number of benzene rings is 1.